The molecule has 0 aromatic heterocycles. The van der Waals surface area contributed by atoms with E-state index in [2.05, 4.69) is 0 Å². The molecule has 0 saturated carbocycles. The van der Waals surface area contributed by atoms with Crippen molar-refractivity contribution in [2.45, 2.75) is 19.6 Å². The lowest BCUT2D eigenvalue weighted by Crippen LogP contribution is -2.10. The molecule has 0 spiro atoms. The quantitative estimate of drug-likeness (QED) is 0.909. The number of hydrogen-bond acceptors (Lipinski definition) is 3. The molecule has 0 bridgehead atoms. The van der Waals surface area contributed by atoms with Gasteiger partial charge in [-0.25, -0.2) is 4.39 Å². The van der Waals surface area contributed by atoms with Gasteiger partial charge >= 0.3 is 0 Å². The first-order chi connectivity index (χ1) is 9.63. The largest absolute Gasteiger partial charge is 0.496 e. The van der Waals surface area contributed by atoms with E-state index in [4.69, 9.17) is 15.2 Å². The number of nitrogens with two attached hydrogens (primary N) is 1. The molecule has 0 saturated heterocycles. The van der Waals surface area contributed by atoms with Gasteiger partial charge < -0.3 is 15.2 Å². The zero-order valence-electron chi connectivity index (χ0n) is 11.6. The average molecular weight is 275 g/mol. The van der Waals surface area contributed by atoms with Crippen molar-refractivity contribution in [2.24, 2.45) is 5.73 Å². The lowest BCUT2D eigenvalue weighted by molar-refractivity contribution is 0.292. The van der Waals surface area contributed by atoms with Gasteiger partial charge in [0.2, 0.25) is 0 Å². The smallest absolute Gasteiger partial charge is 0.129 e. The van der Waals surface area contributed by atoms with Crippen molar-refractivity contribution in [3.8, 4) is 11.5 Å². The highest BCUT2D eigenvalue weighted by Gasteiger charge is 2.14. The molecule has 0 amide bonds. The van der Waals surface area contributed by atoms with Crippen LogP contribution >= 0.6 is 0 Å². The summed E-state index contributed by atoms with van der Waals surface area (Å²) >= 11 is 0. The van der Waals surface area contributed by atoms with Crippen LogP contribution < -0.4 is 15.2 Å². The van der Waals surface area contributed by atoms with Crippen LogP contribution in [0.15, 0.2) is 42.5 Å². The van der Waals surface area contributed by atoms with Gasteiger partial charge in [-0.15, -0.1) is 0 Å². The molecular weight excluding hydrogens is 257 g/mol. The molecule has 0 radical (unpaired) electrons. The minimum absolute atomic E-state index is 0.152. The Bertz CT molecular complexity index is 584. The first kappa shape index (κ1) is 14.3. The number of benzene rings is 2. The second-order valence-corrected chi connectivity index (χ2v) is 4.54. The lowest BCUT2D eigenvalue weighted by atomic mass is 10.1. The van der Waals surface area contributed by atoms with E-state index in [0.717, 1.165) is 5.56 Å². The van der Waals surface area contributed by atoms with Crippen LogP contribution in [0.4, 0.5) is 4.39 Å². The molecule has 2 rings (SSSR count). The van der Waals surface area contributed by atoms with Crippen molar-refractivity contribution in [3.63, 3.8) is 0 Å². The molecule has 0 fully saturated rings. The molecule has 4 heteroatoms. The van der Waals surface area contributed by atoms with Crippen molar-refractivity contribution >= 4 is 0 Å². The Labute approximate surface area is 118 Å². The van der Waals surface area contributed by atoms with Crippen molar-refractivity contribution in [1.29, 1.82) is 0 Å². The van der Waals surface area contributed by atoms with Gasteiger partial charge in [0.1, 0.15) is 23.9 Å². The Kier molecular flexibility index (Phi) is 4.58. The Hall–Kier alpha value is -2.07. The summed E-state index contributed by atoms with van der Waals surface area (Å²) in [7, 11) is 1.59. The van der Waals surface area contributed by atoms with E-state index in [0.29, 0.717) is 17.1 Å². The van der Waals surface area contributed by atoms with Gasteiger partial charge in [-0.3, -0.25) is 0 Å². The van der Waals surface area contributed by atoms with Crippen molar-refractivity contribution in [2.75, 3.05) is 7.11 Å². The summed E-state index contributed by atoms with van der Waals surface area (Å²) in [6.07, 6.45) is 0. The summed E-state index contributed by atoms with van der Waals surface area (Å²) in [5, 5.41) is 0. The zero-order chi connectivity index (χ0) is 14.5. The molecule has 3 nitrogen and oxygen atoms in total. The number of methoxy groups -OCH3 is 1. The van der Waals surface area contributed by atoms with Gasteiger partial charge in [0.25, 0.3) is 0 Å². The predicted octanol–water partition coefficient (Wildman–Crippen LogP) is 3.43. The van der Waals surface area contributed by atoms with Crippen molar-refractivity contribution in [3.05, 3.63) is 59.4 Å². The summed E-state index contributed by atoms with van der Waals surface area (Å²) < 4.78 is 24.6. The average Bonchev–Trinajstić information content (AvgIpc) is 2.45. The first-order valence-electron chi connectivity index (χ1n) is 6.42. The Balaban J connectivity index is 2.24. The van der Waals surface area contributed by atoms with Crippen LogP contribution in [0.25, 0.3) is 0 Å². The second kappa shape index (κ2) is 6.39. The normalized spacial score (nSPS) is 12.0. The third kappa shape index (κ3) is 3.08. The second-order valence-electron chi connectivity index (χ2n) is 4.54. The molecule has 0 aliphatic rings. The van der Waals surface area contributed by atoms with E-state index in [-0.39, 0.29) is 18.5 Å². The SMILES string of the molecule is COc1cccc(OCc2ccccc2F)c1C(C)N. The fourth-order valence-corrected chi connectivity index (χ4v) is 2.05. The minimum atomic E-state index is -0.280. The summed E-state index contributed by atoms with van der Waals surface area (Å²) in [4.78, 5) is 0. The third-order valence-electron chi connectivity index (χ3n) is 3.04. The highest BCUT2D eigenvalue weighted by Crippen LogP contribution is 2.33. The molecule has 2 N–H and O–H groups in total. The van der Waals surface area contributed by atoms with Crippen molar-refractivity contribution < 1.29 is 13.9 Å². The topological polar surface area (TPSA) is 44.5 Å². The van der Waals surface area contributed by atoms with Gasteiger partial charge in [-0.2, -0.15) is 0 Å². The van der Waals surface area contributed by atoms with Crippen LogP contribution in [-0.4, -0.2) is 7.11 Å². The van der Waals surface area contributed by atoms with Gasteiger partial charge in [0, 0.05) is 11.6 Å². The summed E-state index contributed by atoms with van der Waals surface area (Å²) in [6, 6.07) is 11.8. The Morgan fingerprint density at radius 1 is 1.10 bits per heavy atom. The molecule has 0 aliphatic carbocycles. The highest BCUT2D eigenvalue weighted by atomic mass is 19.1. The van der Waals surface area contributed by atoms with E-state index < -0.39 is 0 Å². The number of hydrogen-bond donors (Lipinski definition) is 1. The van der Waals surface area contributed by atoms with Gasteiger partial charge in [0.05, 0.1) is 12.7 Å². The van der Waals surface area contributed by atoms with Crippen LogP contribution in [0.1, 0.15) is 24.1 Å². The van der Waals surface area contributed by atoms with E-state index in [1.165, 1.54) is 6.07 Å². The Morgan fingerprint density at radius 3 is 2.45 bits per heavy atom. The van der Waals surface area contributed by atoms with Gasteiger partial charge in [0.15, 0.2) is 0 Å². The summed E-state index contributed by atoms with van der Waals surface area (Å²) in [5.74, 6) is 1.01. The zero-order valence-corrected chi connectivity index (χ0v) is 11.6. The molecule has 0 aliphatic heterocycles. The molecule has 20 heavy (non-hydrogen) atoms. The van der Waals surface area contributed by atoms with E-state index in [1.807, 2.05) is 25.1 Å². The van der Waals surface area contributed by atoms with Crippen molar-refractivity contribution in [1.82, 2.24) is 0 Å². The van der Waals surface area contributed by atoms with Crippen LogP contribution in [0, 0.1) is 5.82 Å². The van der Waals surface area contributed by atoms with E-state index in [9.17, 15) is 4.39 Å². The molecule has 2 aromatic rings. The monoisotopic (exact) mass is 275 g/mol. The maximum absolute atomic E-state index is 13.6. The molecule has 0 heterocycles. The molecule has 1 atom stereocenters. The maximum Gasteiger partial charge on any atom is 0.129 e. The number of ether oxygens (including phenoxy) is 2. The van der Waals surface area contributed by atoms with Gasteiger partial charge in [-0.05, 0) is 25.1 Å². The molecule has 2 aromatic carbocycles. The first-order valence-corrected chi connectivity index (χ1v) is 6.42. The minimum Gasteiger partial charge on any atom is -0.496 e. The molecule has 106 valence electrons. The highest BCUT2D eigenvalue weighted by molar-refractivity contribution is 5.46. The fourth-order valence-electron chi connectivity index (χ4n) is 2.05. The molecule has 1 unspecified atom stereocenters. The third-order valence-corrected chi connectivity index (χ3v) is 3.04. The molecular formula is C16H18FNO2. The number of halogens is 1. The predicted molar refractivity (Wildman–Crippen MR) is 76.3 cm³/mol. The lowest BCUT2D eigenvalue weighted by Gasteiger charge is -2.17. The van der Waals surface area contributed by atoms with Crippen LogP contribution in [-0.2, 0) is 6.61 Å². The standard InChI is InChI=1S/C16H18FNO2/c1-11(18)16-14(19-2)8-5-9-15(16)20-10-12-6-3-4-7-13(12)17/h3-9,11H,10,18H2,1-2H3. The number of rotatable bonds is 5. The van der Waals surface area contributed by atoms with Crippen LogP contribution in [0.5, 0.6) is 11.5 Å². The van der Waals surface area contributed by atoms with E-state index >= 15 is 0 Å². The van der Waals surface area contributed by atoms with Crippen LogP contribution in [0.2, 0.25) is 0 Å². The Morgan fingerprint density at radius 2 is 1.80 bits per heavy atom. The summed E-state index contributed by atoms with van der Waals surface area (Å²) in [5.41, 5.74) is 7.24. The maximum atomic E-state index is 13.6. The van der Waals surface area contributed by atoms with Gasteiger partial charge in [-0.1, -0.05) is 24.3 Å². The summed E-state index contributed by atoms with van der Waals surface area (Å²) in [6.45, 7) is 2.01. The van der Waals surface area contributed by atoms with E-state index in [1.54, 1.807) is 25.3 Å². The van der Waals surface area contributed by atoms with Crippen LogP contribution in [0.3, 0.4) is 0 Å². The fraction of sp³-hybridized carbons (Fsp3) is 0.250.